The Morgan fingerprint density at radius 3 is 2.35 bits per heavy atom. The zero-order valence-corrected chi connectivity index (χ0v) is 13.1. The molecule has 0 heterocycles. The van der Waals surface area contributed by atoms with Gasteiger partial charge in [-0.3, -0.25) is 9.69 Å². The Morgan fingerprint density at radius 1 is 1.20 bits per heavy atom. The lowest BCUT2D eigenvalue weighted by Gasteiger charge is -2.24. The Bertz CT molecular complexity index is 401. The van der Waals surface area contributed by atoms with E-state index >= 15 is 0 Å². The third-order valence-electron chi connectivity index (χ3n) is 3.40. The molecule has 0 aliphatic rings. The van der Waals surface area contributed by atoms with Crippen molar-refractivity contribution in [3.63, 3.8) is 0 Å². The second-order valence-electron chi connectivity index (χ2n) is 5.21. The largest absolute Gasteiger partial charge is 0.351 e. The summed E-state index contributed by atoms with van der Waals surface area (Å²) >= 11 is 0. The van der Waals surface area contributed by atoms with E-state index in [0.717, 1.165) is 25.2 Å². The fourth-order valence-electron chi connectivity index (χ4n) is 2.06. The van der Waals surface area contributed by atoms with Crippen LogP contribution in [0.5, 0.6) is 0 Å². The zero-order chi connectivity index (χ0) is 15.0. The van der Waals surface area contributed by atoms with Gasteiger partial charge >= 0.3 is 0 Å². The second-order valence-corrected chi connectivity index (χ2v) is 5.21. The lowest BCUT2D eigenvalue weighted by Crippen LogP contribution is -2.31. The van der Waals surface area contributed by atoms with E-state index in [1.807, 2.05) is 31.3 Å². The Morgan fingerprint density at radius 2 is 1.85 bits per heavy atom. The van der Waals surface area contributed by atoms with Gasteiger partial charge in [0, 0.05) is 31.2 Å². The van der Waals surface area contributed by atoms with E-state index in [-0.39, 0.29) is 5.91 Å². The monoisotopic (exact) mass is 277 g/mol. The molecule has 0 saturated heterocycles. The number of hydrogen-bond donors (Lipinski definition) is 2. The highest BCUT2D eigenvalue weighted by Crippen LogP contribution is 2.09. The molecule has 0 spiro atoms. The molecule has 1 aromatic carbocycles. The smallest absolute Gasteiger partial charge is 0.251 e. The molecule has 0 bridgehead atoms. The van der Waals surface area contributed by atoms with Gasteiger partial charge in [0.25, 0.3) is 5.91 Å². The van der Waals surface area contributed by atoms with Gasteiger partial charge < -0.3 is 10.6 Å². The van der Waals surface area contributed by atoms with Crippen LogP contribution in [0, 0.1) is 0 Å². The topological polar surface area (TPSA) is 44.4 Å². The number of carbonyl (C=O) groups is 1. The number of nitrogens with one attached hydrogen (secondary N) is 2. The first-order valence-corrected chi connectivity index (χ1v) is 7.34. The minimum Gasteiger partial charge on any atom is -0.351 e. The predicted molar refractivity (Wildman–Crippen MR) is 83.9 cm³/mol. The maximum atomic E-state index is 11.9. The summed E-state index contributed by atoms with van der Waals surface area (Å²) in [4.78, 5) is 14.3. The molecule has 0 fully saturated rings. The third kappa shape index (κ3) is 5.31. The maximum Gasteiger partial charge on any atom is 0.251 e. The molecule has 0 radical (unpaired) electrons. The molecule has 20 heavy (non-hydrogen) atoms. The van der Waals surface area contributed by atoms with E-state index in [1.165, 1.54) is 5.56 Å². The third-order valence-corrected chi connectivity index (χ3v) is 3.40. The predicted octanol–water partition coefficient (Wildman–Crippen LogP) is 1.87. The van der Waals surface area contributed by atoms with Crippen LogP contribution in [0.3, 0.4) is 0 Å². The number of hydrogen-bond acceptors (Lipinski definition) is 3. The van der Waals surface area contributed by atoms with Crippen molar-refractivity contribution >= 4 is 5.91 Å². The summed E-state index contributed by atoms with van der Waals surface area (Å²) < 4.78 is 0. The molecule has 0 aliphatic heterocycles. The second kappa shape index (κ2) is 8.72. The first kappa shape index (κ1) is 16.7. The normalized spacial score (nSPS) is 11.1. The van der Waals surface area contributed by atoms with Crippen molar-refractivity contribution < 1.29 is 4.79 Å². The lowest BCUT2D eigenvalue weighted by molar-refractivity contribution is 0.0954. The number of nitrogens with zero attached hydrogens (tertiary/aromatic N) is 1. The Hall–Kier alpha value is -1.39. The minimum absolute atomic E-state index is 0.0111. The molecule has 0 unspecified atom stereocenters. The van der Waals surface area contributed by atoms with Crippen LogP contribution in [0.25, 0.3) is 0 Å². The molecule has 0 aliphatic carbocycles. The Labute approximate surface area is 122 Å². The van der Waals surface area contributed by atoms with Crippen molar-refractivity contribution in [3.05, 3.63) is 35.4 Å². The molecular formula is C16H27N3O. The van der Waals surface area contributed by atoms with Crippen molar-refractivity contribution in [1.29, 1.82) is 0 Å². The SMILES string of the molecule is CCN(Cc1ccc(C(=O)NCCNC)cc1)C(C)C. The van der Waals surface area contributed by atoms with Gasteiger partial charge in [-0.05, 0) is 45.1 Å². The summed E-state index contributed by atoms with van der Waals surface area (Å²) in [5.74, 6) is -0.0111. The highest BCUT2D eigenvalue weighted by atomic mass is 16.1. The fourth-order valence-corrected chi connectivity index (χ4v) is 2.06. The summed E-state index contributed by atoms with van der Waals surface area (Å²) in [5.41, 5.74) is 1.96. The number of rotatable bonds is 8. The van der Waals surface area contributed by atoms with Crippen LogP contribution in [0.1, 0.15) is 36.7 Å². The van der Waals surface area contributed by atoms with Crippen LogP contribution in [0.15, 0.2) is 24.3 Å². The summed E-state index contributed by atoms with van der Waals surface area (Å²) in [5, 5.41) is 5.88. The number of carbonyl (C=O) groups excluding carboxylic acids is 1. The molecule has 0 aromatic heterocycles. The molecule has 4 nitrogen and oxygen atoms in total. The van der Waals surface area contributed by atoms with E-state index in [0.29, 0.717) is 12.6 Å². The van der Waals surface area contributed by atoms with Crippen LogP contribution in [-0.4, -0.2) is 43.5 Å². The molecule has 4 heteroatoms. The molecule has 1 aromatic rings. The molecule has 0 saturated carbocycles. The van der Waals surface area contributed by atoms with Crippen LogP contribution < -0.4 is 10.6 Å². The van der Waals surface area contributed by atoms with Gasteiger partial charge in [0.2, 0.25) is 0 Å². The molecule has 2 N–H and O–H groups in total. The van der Waals surface area contributed by atoms with Crippen LogP contribution in [-0.2, 0) is 6.54 Å². The van der Waals surface area contributed by atoms with Crippen molar-refractivity contribution in [3.8, 4) is 0 Å². The van der Waals surface area contributed by atoms with Gasteiger partial charge in [-0.25, -0.2) is 0 Å². The zero-order valence-electron chi connectivity index (χ0n) is 13.1. The fraction of sp³-hybridized carbons (Fsp3) is 0.562. The van der Waals surface area contributed by atoms with Gasteiger partial charge in [0.15, 0.2) is 0 Å². The summed E-state index contributed by atoms with van der Waals surface area (Å²) in [7, 11) is 1.87. The summed E-state index contributed by atoms with van der Waals surface area (Å²) in [6.07, 6.45) is 0. The van der Waals surface area contributed by atoms with Crippen molar-refractivity contribution in [2.75, 3.05) is 26.7 Å². The molecular weight excluding hydrogens is 250 g/mol. The average Bonchev–Trinajstić information content (AvgIpc) is 2.45. The van der Waals surface area contributed by atoms with E-state index < -0.39 is 0 Å². The van der Waals surface area contributed by atoms with E-state index in [1.54, 1.807) is 0 Å². The molecule has 1 rings (SSSR count). The number of benzene rings is 1. The summed E-state index contributed by atoms with van der Waals surface area (Å²) in [6, 6.07) is 8.41. The molecule has 0 atom stereocenters. The number of amides is 1. The van der Waals surface area contributed by atoms with Crippen molar-refractivity contribution in [2.24, 2.45) is 0 Å². The lowest BCUT2D eigenvalue weighted by atomic mass is 10.1. The standard InChI is InChI=1S/C16H27N3O/c1-5-19(13(2)3)12-14-6-8-15(9-7-14)16(20)18-11-10-17-4/h6-9,13,17H,5,10-12H2,1-4H3,(H,18,20). The Kier molecular flexibility index (Phi) is 7.26. The highest BCUT2D eigenvalue weighted by Gasteiger charge is 2.09. The van der Waals surface area contributed by atoms with Crippen LogP contribution >= 0.6 is 0 Å². The van der Waals surface area contributed by atoms with Gasteiger partial charge in [0.05, 0.1) is 0 Å². The van der Waals surface area contributed by atoms with Crippen LogP contribution in [0.4, 0.5) is 0 Å². The van der Waals surface area contributed by atoms with Gasteiger partial charge in [-0.15, -0.1) is 0 Å². The highest BCUT2D eigenvalue weighted by molar-refractivity contribution is 5.94. The molecule has 1 amide bonds. The number of likely N-dealkylation sites (N-methyl/N-ethyl adjacent to an activating group) is 1. The van der Waals surface area contributed by atoms with E-state index in [9.17, 15) is 4.79 Å². The first-order chi connectivity index (χ1) is 9.58. The Balaban J connectivity index is 2.57. The minimum atomic E-state index is -0.0111. The van der Waals surface area contributed by atoms with E-state index in [4.69, 9.17) is 0 Å². The summed E-state index contributed by atoms with van der Waals surface area (Å²) in [6.45, 7) is 9.96. The van der Waals surface area contributed by atoms with Gasteiger partial charge in [-0.1, -0.05) is 19.1 Å². The maximum absolute atomic E-state index is 11.9. The first-order valence-electron chi connectivity index (χ1n) is 7.34. The quantitative estimate of drug-likeness (QED) is 0.713. The van der Waals surface area contributed by atoms with Gasteiger partial charge in [-0.2, -0.15) is 0 Å². The van der Waals surface area contributed by atoms with Gasteiger partial charge in [0.1, 0.15) is 0 Å². The van der Waals surface area contributed by atoms with Crippen LogP contribution in [0.2, 0.25) is 0 Å². The molecule has 112 valence electrons. The van der Waals surface area contributed by atoms with Crippen molar-refractivity contribution in [1.82, 2.24) is 15.5 Å². The average molecular weight is 277 g/mol. The van der Waals surface area contributed by atoms with E-state index in [2.05, 4.69) is 36.3 Å². The van der Waals surface area contributed by atoms with Crippen molar-refractivity contribution in [2.45, 2.75) is 33.4 Å².